The number of aromatic nitrogens is 1. The van der Waals surface area contributed by atoms with E-state index in [9.17, 15) is 14.7 Å². The predicted molar refractivity (Wildman–Crippen MR) is 162 cm³/mol. The summed E-state index contributed by atoms with van der Waals surface area (Å²) in [6, 6.07) is 16.4. The SMILES string of the molecule is CC1(C)O[C@@]23CC[C@]4(C)[C@@]5(C)c6[nH]c7ccccc7c6C[C@@H]5C[C@H](OC(=O)N5Cc6ccccc6C5)[C@@]4(O)C2=CC(=O)[C@@H]1O3. The molecule has 3 aliphatic heterocycles. The standard InChI is InChI=1S/C36H38N2O6/c1-32(2)30-26(39)17-27-35(43-30,44-32)14-13-33(3)34(4)22(15-24-23-11-7-8-12-25(23)37-29(24)34)16-28(36(27,33)41)42-31(40)38-18-20-9-5-6-10-21(20)19-38/h5-12,17,22,28,30,37,41H,13-16,18-19H2,1-4H3/t22-,28+,30+,33-,34-,35+,36+/m1/s1. The van der Waals surface area contributed by atoms with E-state index in [0.717, 1.165) is 28.8 Å². The number of benzene rings is 2. The molecule has 228 valence electrons. The zero-order chi connectivity index (χ0) is 30.4. The lowest BCUT2D eigenvalue weighted by atomic mass is 9.41. The fourth-order valence-corrected chi connectivity index (χ4v) is 10.2. The maximum atomic E-state index is 13.9. The van der Waals surface area contributed by atoms with Gasteiger partial charge >= 0.3 is 6.09 Å². The highest BCUT2D eigenvalue weighted by atomic mass is 16.8. The molecule has 1 saturated heterocycles. The molecule has 1 amide bonds. The number of aliphatic hydroxyl groups is 1. The Kier molecular flexibility index (Phi) is 5.02. The van der Waals surface area contributed by atoms with Gasteiger partial charge in [0.2, 0.25) is 0 Å². The Bertz CT molecular complexity index is 1800. The molecule has 1 aromatic heterocycles. The number of ether oxygens (including phenoxy) is 3. The van der Waals surface area contributed by atoms with Crippen molar-refractivity contribution in [2.45, 2.75) is 101 Å². The molecule has 1 spiro atoms. The highest BCUT2D eigenvalue weighted by Gasteiger charge is 2.78. The van der Waals surface area contributed by atoms with Crippen molar-refractivity contribution >= 4 is 22.8 Å². The molecule has 0 unspecified atom stereocenters. The molecule has 2 aromatic carbocycles. The Labute approximate surface area is 256 Å². The van der Waals surface area contributed by atoms with Gasteiger partial charge < -0.3 is 24.3 Å². The summed E-state index contributed by atoms with van der Waals surface area (Å²) in [6.45, 7) is 9.04. The van der Waals surface area contributed by atoms with Crippen LogP contribution in [-0.2, 0) is 43.9 Å². The Morgan fingerprint density at radius 3 is 2.48 bits per heavy atom. The molecule has 3 aliphatic carbocycles. The first-order valence-corrected chi connectivity index (χ1v) is 15.9. The van der Waals surface area contributed by atoms with Gasteiger partial charge in [0.25, 0.3) is 0 Å². The molecule has 6 aliphatic rings. The van der Waals surface area contributed by atoms with Gasteiger partial charge in [-0.1, -0.05) is 56.3 Å². The first kappa shape index (κ1) is 26.9. The number of hydrogen-bond donors (Lipinski definition) is 2. The van der Waals surface area contributed by atoms with E-state index in [4.69, 9.17) is 14.2 Å². The third-order valence-corrected chi connectivity index (χ3v) is 12.6. The van der Waals surface area contributed by atoms with Crippen LogP contribution < -0.4 is 0 Å². The lowest BCUT2D eigenvalue weighted by molar-refractivity contribution is -0.274. The Morgan fingerprint density at radius 1 is 1.02 bits per heavy atom. The number of nitrogens with zero attached hydrogens (tertiary/aromatic N) is 1. The van der Waals surface area contributed by atoms with Crippen LogP contribution in [0.1, 0.15) is 69.3 Å². The van der Waals surface area contributed by atoms with Gasteiger partial charge in [-0.3, -0.25) is 9.69 Å². The second kappa shape index (κ2) is 8.22. The minimum atomic E-state index is -1.72. The number of rotatable bonds is 1. The van der Waals surface area contributed by atoms with Gasteiger partial charge in [-0.25, -0.2) is 4.79 Å². The summed E-state index contributed by atoms with van der Waals surface area (Å²) in [5.74, 6) is -1.37. The van der Waals surface area contributed by atoms with Gasteiger partial charge in [-0.05, 0) is 67.9 Å². The second-order valence-electron chi connectivity index (χ2n) is 14.9. The van der Waals surface area contributed by atoms with Crippen molar-refractivity contribution in [3.8, 4) is 0 Å². The van der Waals surface area contributed by atoms with E-state index in [0.29, 0.717) is 37.9 Å². The van der Waals surface area contributed by atoms with Crippen LogP contribution in [0.3, 0.4) is 0 Å². The molecule has 3 fully saturated rings. The molecule has 3 aromatic rings. The highest BCUT2D eigenvalue weighted by molar-refractivity contribution is 5.97. The number of carbonyl (C=O) groups excluding carboxylic acids is 2. The van der Waals surface area contributed by atoms with Crippen molar-refractivity contribution in [3.63, 3.8) is 0 Å². The monoisotopic (exact) mass is 594 g/mol. The van der Waals surface area contributed by atoms with Crippen LogP contribution in [0.2, 0.25) is 0 Å². The fraction of sp³-hybridized carbons (Fsp3) is 0.500. The van der Waals surface area contributed by atoms with Gasteiger partial charge in [0.05, 0.1) is 0 Å². The molecule has 8 heteroatoms. The first-order chi connectivity index (χ1) is 20.9. The number of nitrogens with one attached hydrogen (secondary N) is 1. The van der Waals surface area contributed by atoms with Gasteiger partial charge in [-0.2, -0.15) is 0 Å². The maximum Gasteiger partial charge on any atom is 0.410 e. The minimum Gasteiger partial charge on any atom is -0.443 e. The van der Waals surface area contributed by atoms with Crippen molar-refractivity contribution in [1.29, 1.82) is 0 Å². The molecular formula is C36H38N2O6. The average Bonchev–Trinajstić information content (AvgIpc) is 3.72. The molecule has 2 bridgehead atoms. The van der Waals surface area contributed by atoms with Crippen molar-refractivity contribution in [1.82, 2.24) is 9.88 Å². The fourth-order valence-electron chi connectivity index (χ4n) is 10.2. The summed E-state index contributed by atoms with van der Waals surface area (Å²) in [5, 5.41) is 14.7. The number of hydrogen-bond acceptors (Lipinski definition) is 6. The third kappa shape index (κ3) is 3.00. The largest absolute Gasteiger partial charge is 0.443 e. The van der Waals surface area contributed by atoms with E-state index < -0.39 is 46.1 Å². The van der Waals surface area contributed by atoms with Crippen LogP contribution >= 0.6 is 0 Å². The van der Waals surface area contributed by atoms with Crippen LogP contribution in [-0.4, -0.2) is 56.1 Å². The molecule has 4 heterocycles. The molecule has 44 heavy (non-hydrogen) atoms. The number of ketones is 1. The number of aromatic amines is 1. The van der Waals surface area contributed by atoms with Crippen molar-refractivity contribution in [2.24, 2.45) is 11.3 Å². The molecule has 0 radical (unpaired) electrons. The zero-order valence-corrected chi connectivity index (χ0v) is 25.6. The lowest BCUT2D eigenvalue weighted by Gasteiger charge is -2.67. The van der Waals surface area contributed by atoms with E-state index >= 15 is 0 Å². The summed E-state index contributed by atoms with van der Waals surface area (Å²) < 4.78 is 19.6. The van der Waals surface area contributed by atoms with Crippen LogP contribution in [0.4, 0.5) is 4.79 Å². The van der Waals surface area contributed by atoms with Crippen LogP contribution in [0, 0.1) is 11.3 Å². The van der Waals surface area contributed by atoms with Gasteiger partial charge in [0.1, 0.15) is 17.3 Å². The van der Waals surface area contributed by atoms with E-state index in [-0.39, 0.29) is 11.7 Å². The summed E-state index contributed by atoms with van der Waals surface area (Å²) in [4.78, 5) is 33.0. The number of amides is 1. The van der Waals surface area contributed by atoms with E-state index in [1.54, 1.807) is 11.0 Å². The number of para-hydroxylation sites is 1. The normalized spacial score (nSPS) is 39.3. The molecule has 8 nitrogen and oxygen atoms in total. The second-order valence-corrected chi connectivity index (χ2v) is 14.9. The average molecular weight is 595 g/mol. The Hall–Kier alpha value is -3.46. The van der Waals surface area contributed by atoms with Gasteiger partial charge in [0.15, 0.2) is 17.7 Å². The van der Waals surface area contributed by atoms with Gasteiger partial charge in [0, 0.05) is 52.5 Å². The Balaban J connectivity index is 1.19. The van der Waals surface area contributed by atoms with Crippen molar-refractivity contribution < 1.29 is 28.9 Å². The van der Waals surface area contributed by atoms with Crippen LogP contribution in [0.25, 0.3) is 10.9 Å². The lowest BCUT2D eigenvalue weighted by Crippen LogP contribution is -2.75. The maximum absolute atomic E-state index is 13.9. The summed E-state index contributed by atoms with van der Waals surface area (Å²) >= 11 is 0. The smallest absolute Gasteiger partial charge is 0.410 e. The molecule has 2 N–H and O–H groups in total. The topological polar surface area (TPSA) is 101 Å². The number of carbonyl (C=O) groups is 2. The summed E-state index contributed by atoms with van der Waals surface area (Å²) in [7, 11) is 0. The van der Waals surface area contributed by atoms with Crippen LogP contribution in [0.15, 0.2) is 60.2 Å². The molecule has 7 atom stereocenters. The predicted octanol–water partition coefficient (Wildman–Crippen LogP) is 5.45. The van der Waals surface area contributed by atoms with E-state index in [2.05, 4.69) is 37.0 Å². The zero-order valence-electron chi connectivity index (χ0n) is 25.6. The van der Waals surface area contributed by atoms with Crippen LogP contribution in [0.5, 0.6) is 0 Å². The van der Waals surface area contributed by atoms with Crippen molar-refractivity contribution in [2.75, 3.05) is 0 Å². The number of H-pyrrole nitrogens is 1. The number of fused-ring (bicyclic) bond motifs is 10. The quantitative estimate of drug-likeness (QED) is 0.389. The van der Waals surface area contributed by atoms with Crippen molar-refractivity contribution in [3.05, 3.63) is 82.6 Å². The first-order valence-electron chi connectivity index (χ1n) is 15.9. The van der Waals surface area contributed by atoms with E-state index in [1.807, 2.05) is 44.2 Å². The molecular weight excluding hydrogens is 556 g/mol. The molecule has 9 rings (SSSR count). The third-order valence-electron chi connectivity index (χ3n) is 12.6. The summed E-state index contributed by atoms with van der Waals surface area (Å²) in [6.07, 6.45) is 1.77. The van der Waals surface area contributed by atoms with E-state index in [1.165, 1.54) is 10.9 Å². The van der Waals surface area contributed by atoms with Gasteiger partial charge in [-0.15, -0.1) is 0 Å². The minimum absolute atomic E-state index is 0.107. The highest BCUT2D eigenvalue weighted by Crippen LogP contribution is 2.72. The molecule has 2 saturated carbocycles. The summed E-state index contributed by atoms with van der Waals surface area (Å²) in [5.41, 5.74) is 2.18. The Morgan fingerprint density at radius 2 is 1.73 bits per heavy atom.